The molecule has 0 saturated heterocycles. The molecular weight excluding hydrogens is 350 g/mol. The van der Waals surface area contributed by atoms with Gasteiger partial charge < -0.3 is 5.32 Å². The molecule has 148 valence electrons. The number of hydrogen-bond acceptors (Lipinski definition) is 4. The quantitative estimate of drug-likeness (QED) is 0.834. The van der Waals surface area contributed by atoms with Gasteiger partial charge in [0.2, 0.25) is 11.7 Å². The zero-order valence-electron chi connectivity index (χ0n) is 16.6. The molecule has 4 saturated carbocycles. The second-order valence-corrected chi connectivity index (χ2v) is 9.32. The Hall–Kier alpha value is -2.24. The first-order valence-electron chi connectivity index (χ1n) is 10.8. The third kappa shape index (κ3) is 3.23. The van der Waals surface area contributed by atoms with Crippen LogP contribution < -0.4 is 5.32 Å². The third-order valence-corrected chi connectivity index (χ3v) is 7.34. The molecule has 4 bridgehead atoms. The Labute approximate surface area is 166 Å². The fourth-order valence-corrected chi connectivity index (χ4v) is 6.67. The van der Waals surface area contributed by atoms with Gasteiger partial charge in [-0.25, -0.2) is 0 Å². The van der Waals surface area contributed by atoms with Gasteiger partial charge in [-0.2, -0.15) is 4.80 Å². The summed E-state index contributed by atoms with van der Waals surface area (Å²) in [7, 11) is 0. The van der Waals surface area contributed by atoms with E-state index in [0.717, 1.165) is 29.7 Å². The normalized spacial score (nSPS) is 31.7. The maximum Gasteiger partial charge on any atom is 0.243 e. The van der Waals surface area contributed by atoms with Crippen LogP contribution in [0.5, 0.6) is 0 Å². The van der Waals surface area contributed by atoms with Crippen molar-refractivity contribution >= 4 is 5.91 Å². The van der Waals surface area contributed by atoms with E-state index in [1.54, 1.807) is 0 Å². The Morgan fingerprint density at radius 2 is 1.79 bits per heavy atom. The Bertz CT molecular complexity index is 810. The summed E-state index contributed by atoms with van der Waals surface area (Å²) in [4.78, 5) is 14.2. The Balaban J connectivity index is 1.26. The highest BCUT2D eigenvalue weighted by Gasteiger charge is 2.54. The number of hydrogen-bond donors (Lipinski definition) is 1. The van der Waals surface area contributed by atoms with Crippen molar-refractivity contribution in [2.24, 2.45) is 23.2 Å². The highest BCUT2D eigenvalue weighted by molar-refractivity contribution is 5.76. The molecule has 4 aliphatic carbocycles. The molecule has 6 heteroatoms. The zero-order chi connectivity index (χ0) is 19.1. The van der Waals surface area contributed by atoms with Gasteiger partial charge >= 0.3 is 0 Å². The number of aromatic nitrogens is 4. The van der Waals surface area contributed by atoms with Crippen LogP contribution in [0.15, 0.2) is 30.3 Å². The SMILES string of the molecule is CC[C@H](NC(=O)Cn1nnc(-c2ccccc2)n1)C12CC3CC(CC(C3)C1)C2. The van der Waals surface area contributed by atoms with E-state index in [4.69, 9.17) is 0 Å². The molecule has 1 N–H and O–H groups in total. The summed E-state index contributed by atoms with van der Waals surface area (Å²) >= 11 is 0. The molecule has 1 amide bonds. The standard InChI is InChI=1S/C22H29N5O/c1-2-19(22-11-15-8-16(12-22)10-17(9-15)13-22)23-20(28)14-27-25-21(24-26-27)18-6-4-3-5-7-18/h3-7,15-17,19H,2,8-14H2,1H3,(H,23,28)/t15?,16?,17?,19-,22?/m0/s1. The van der Waals surface area contributed by atoms with Gasteiger partial charge in [-0.3, -0.25) is 4.79 Å². The molecule has 0 aliphatic heterocycles. The smallest absolute Gasteiger partial charge is 0.243 e. The van der Waals surface area contributed by atoms with E-state index in [0.29, 0.717) is 11.2 Å². The summed E-state index contributed by atoms with van der Waals surface area (Å²) in [6, 6.07) is 10.0. The minimum absolute atomic E-state index is 0.000364. The van der Waals surface area contributed by atoms with Crippen LogP contribution in [0.4, 0.5) is 0 Å². The number of rotatable bonds is 6. The molecule has 6 nitrogen and oxygen atoms in total. The van der Waals surface area contributed by atoms with Gasteiger partial charge in [-0.05, 0) is 73.3 Å². The minimum Gasteiger partial charge on any atom is -0.351 e. The average Bonchev–Trinajstić information content (AvgIpc) is 3.14. The maximum atomic E-state index is 12.8. The first kappa shape index (κ1) is 17.8. The average molecular weight is 380 g/mol. The van der Waals surface area contributed by atoms with Gasteiger partial charge in [0.05, 0.1) is 0 Å². The largest absolute Gasteiger partial charge is 0.351 e. The van der Waals surface area contributed by atoms with E-state index in [1.807, 2.05) is 30.3 Å². The van der Waals surface area contributed by atoms with E-state index in [2.05, 4.69) is 27.7 Å². The lowest BCUT2D eigenvalue weighted by molar-refractivity contribution is -0.127. The van der Waals surface area contributed by atoms with Crippen LogP contribution in [0.2, 0.25) is 0 Å². The van der Waals surface area contributed by atoms with Gasteiger partial charge in [-0.1, -0.05) is 37.3 Å². The molecule has 1 aromatic heterocycles. The van der Waals surface area contributed by atoms with Gasteiger partial charge in [-0.15, -0.1) is 10.2 Å². The summed E-state index contributed by atoms with van der Waals surface area (Å²) in [5.74, 6) is 3.23. The lowest BCUT2D eigenvalue weighted by atomic mass is 9.47. The van der Waals surface area contributed by atoms with Crippen LogP contribution in [-0.2, 0) is 11.3 Å². The number of carbonyl (C=O) groups is 1. The van der Waals surface area contributed by atoms with E-state index >= 15 is 0 Å². The van der Waals surface area contributed by atoms with Crippen molar-refractivity contribution in [3.8, 4) is 11.4 Å². The highest BCUT2D eigenvalue weighted by Crippen LogP contribution is 2.61. The first-order chi connectivity index (χ1) is 13.6. The van der Waals surface area contributed by atoms with E-state index in [-0.39, 0.29) is 18.5 Å². The summed E-state index contributed by atoms with van der Waals surface area (Å²) in [5.41, 5.74) is 1.23. The van der Waals surface area contributed by atoms with Crippen molar-refractivity contribution in [2.45, 2.75) is 64.5 Å². The van der Waals surface area contributed by atoms with Crippen molar-refractivity contribution in [1.29, 1.82) is 0 Å². The number of amides is 1. The lowest BCUT2D eigenvalue weighted by Gasteiger charge is -2.59. The topological polar surface area (TPSA) is 72.7 Å². The number of nitrogens with one attached hydrogen (secondary N) is 1. The van der Waals surface area contributed by atoms with Crippen LogP contribution in [0.3, 0.4) is 0 Å². The summed E-state index contributed by atoms with van der Waals surface area (Å²) < 4.78 is 0. The Morgan fingerprint density at radius 1 is 1.14 bits per heavy atom. The lowest BCUT2D eigenvalue weighted by Crippen LogP contribution is -2.57. The van der Waals surface area contributed by atoms with Crippen LogP contribution in [0.1, 0.15) is 51.9 Å². The second kappa shape index (κ2) is 6.98. The molecule has 0 spiro atoms. The predicted molar refractivity (Wildman–Crippen MR) is 106 cm³/mol. The third-order valence-electron chi connectivity index (χ3n) is 7.34. The molecule has 6 rings (SSSR count). The molecule has 2 aromatic rings. The summed E-state index contributed by atoms with van der Waals surface area (Å²) in [6.45, 7) is 2.34. The van der Waals surface area contributed by atoms with E-state index in [9.17, 15) is 4.79 Å². The number of nitrogens with zero attached hydrogens (tertiary/aromatic N) is 4. The van der Waals surface area contributed by atoms with Gasteiger partial charge in [0.15, 0.2) is 0 Å². The first-order valence-corrected chi connectivity index (χ1v) is 10.8. The molecule has 1 atom stereocenters. The van der Waals surface area contributed by atoms with Gasteiger partial charge in [0.25, 0.3) is 0 Å². The zero-order valence-corrected chi connectivity index (χ0v) is 16.6. The fourth-order valence-electron chi connectivity index (χ4n) is 6.67. The molecule has 1 heterocycles. The minimum atomic E-state index is -0.000364. The summed E-state index contributed by atoms with van der Waals surface area (Å²) in [5, 5.41) is 15.9. The van der Waals surface area contributed by atoms with E-state index in [1.165, 1.54) is 43.3 Å². The van der Waals surface area contributed by atoms with Gasteiger partial charge in [0, 0.05) is 11.6 Å². The second-order valence-electron chi connectivity index (χ2n) is 9.32. The monoisotopic (exact) mass is 379 g/mol. The molecular formula is C22H29N5O. The molecule has 1 aromatic carbocycles. The number of tetrazole rings is 1. The van der Waals surface area contributed by atoms with Crippen LogP contribution in [-0.4, -0.2) is 32.2 Å². The van der Waals surface area contributed by atoms with Crippen molar-refractivity contribution < 1.29 is 4.79 Å². The number of carbonyl (C=O) groups excluding carboxylic acids is 1. The molecule has 28 heavy (non-hydrogen) atoms. The Morgan fingerprint density at radius 3 is 2.39 bits per heavy atom. The van der Waals surface area contributed by atoms with Crippen LogP contribution >= 0.6 is 0 Å². The fraction of sp³-hybridized carbons (Fsp3) is 0.636. The van der Waals surface area contributed by atoms with Crippen LogP contribution in [0, 0.1) is 23.2 Å². The Kier molecular flexibility index (Phi) is 4.44. The number of benzene rings is 1. The molecule has 0 radical (unpaired) electrons. The van der Waals surface area contributed by atoms with Crippen LogP contribution in [0.25, 0.3) is 11.4 Å². The highest BCUT2D eigenvalue weighted by atomic mass is 16.2. The van der Waals surface area contributed by atoms with Crippen molar-refractivity contribution in [3.05, 3.63) is 30.3 Å². The molecule has 4 fully saturated rings. The van der Waals surface area contributed by atoms with Gasteiger partial charge in [0.1, 0.15) is 6.54 Å². The summed E-state index contributed by atoms with van der Waals surface area (Å²) in [6.07, 6.45) is 9.18. The predicted octanol–water partition coefficient (Wildman–Crippen LogP) is 3.45. The van der Waals surface area contributed by atoms with Crippen molar-refractivity contribution in [3.63, 3.8) is 0 Å². The van der Waals surface area contributed by atoms with Crippen molar-refractivity contribution in [2.75, 3.05) is 0 Å². The van der Waals surface area contributed by atoms with Crippen molar-refractivity contribution in [1.82, 2.24) is 25.5 Å². The molecule has 4 aliphatic rings. The molecule has 0 unspecified atom stereocenters. The maximum absolute atomic E-state index is 12.8. The van der Waals surface area contributed by atoms with E-state index < -0.39 is 0 Å².